The van der Waals surface area contributed by atoms with Crippen LogP contribution in [0.2, 0.25) is 0 Å². The van der Waals surface area contributed by atoms with E-state index in [1.54, 1.807) is 13.8 Å². The zero-order chi connectivity index (χ0) is 24.5. The van der Waals surface area contributed by atoms with Gasteiger partial charge in [0.05, 0.1) is 9.64 Å². The lowest BCUT2D eigenvalue weighted by Crippen LogP contribution is -2.55. The van der Waals surface area contributed by atoms with Crippen molar-refractivity contribution in [2.45, 2.75) is 92.8 Å². The standard InChI is InChI=1S/C23H33F3N2O4S/c1-21(2,33(30,31)19-9-7-8-18(14-19)32-23(24,25)26)16-12-17(13-16)28-20(29)15-22(27-3)10-5-4-6-11-22/h7-9,14,16-17,27H,4-6,10-13,15H2,1-3H3,(H,28,29). The van der Waals surface area contributed by atoms with Crippen LogP contribution in [0, 0.1) is 5.92 Å². The Balaban J connectivity index is 1.61. The molecular formula is C23H33F3N2O4S. The number of nitrogens with one attached hydrogen (secondary N) is 2. The Hall–Kier alpha value is -1.81. The summed E-state index contributed by atoms with van der Waals surface area (Å²) in [6, 6.07) is 4.38. The summed E-state index contributed by atoms with van der Waals surface area (Å²) in [6.07, 6.45) is 1.82. The molecule has 1 aromatic rings. The van der Waals surface area contributed by atoms with Gasteiger partial charge < -0.3 is 15.4 Å². The first-order chi connectivity index (χ1) is 15.3. The molecule has 2 aliphatic rings. The van der Waals surface area contributed by atoms with Crippen molar-refractivity contribution in [3.63, 3.8) is 0 Å². The van der Waals surface area contributed by atoms with Gasteiger partial charge in [-0.1, -0.05) is 25.3 Å². The monoisotopic (exact) mass is 490 g/mol. The summed E-state index contributed by atoms with van der Waals surface area (Å²) in [7, 11) is -2.05. The van der Waals surface area contributed by atoms with E-state index in [2.05, 4.69) is 15.4 Å². The zero-order valence-electron chi connectivity index (χ0n) is 19.3. The molecule has 2 fully saturated rings. The molecule has 0 aromatic heterocycles. The smallest absolute Gasteiger partial charge is 0.406 e. The predicted molar refractivity (Wildman–Crippen MR) is 119 cm³/mol. The van der Waals surface area contributed by atoms with Gasteiger partial charge in [0.1, 0.15) is 5.75 Å². The molecule has 0 spiro atoms. The highest BCUT2D eigenvalue weighted by Crippen LogP contribution is 2.44. The van der Waals surface area contributed by atoms with Crippen LogP contribution in [0.1, 0.15) is 65.2 Å². The van der Waals surface area contributed by atoms with Crippen molar-refractivity contribution in [1.29, 1.82) is 0 Å². The molecular weight excluding hydrogens is 457 g/mol. The maximum absolute atomic E-state index is 13.2. The Labute approximate surface area is 193 Å². The fourth-order valence-electron chi connectivity index (χ4n) is 4.99. The number of carbonyl (C=O) groups is 1. The quantitative estimate of drug-likeness (QED) is 0.566. The Morgan fingerprint density at radius 3 is 2.36 bits per heavy atom. The highest BCUT2D eigenvalue weighted by Gasteiger charge is 2.49. The molecule has 2 saturated carbocycles. The highest BCUT2D eigenvalue weighted by molar-refractivity contribution is 7.92. The fraction of sp³-hybridized carbons (Fsp3) is 0.696. The van der Waals surface area contributed by atoms with Gasteiger partial charge in [0, 0.05) is 18.0 Å². The molecule has 2 N–H and O–H groups in total. The minimum atomic E-state index is -4.90. The Kier molecular flexibility index (Phi) is 7.39. The summed E-state index contributed by atoms with van der Waals surface area (Å²) in [5.41, 5.74) is -0.169. The van der Waals surface area contributed by atoms with Gasteiger partial charge in [-0.15, -0.1) is 13.2 Å². The van der Waals surface area contributed by atoms with E-state index in [-0.39, 0.29) is 28.3 Å². The van der Waals surface area contributed by atoms with Gasteiger partial charge in [-0.2, -0.15) is 0 Å². The van der Waals surface area contributed by atoms with Crippen LogP contribution >= 0.6 is 0 Å². The topological polar surface area (TPSA) is 84.5 Å². The lowest BCUT2D eigenvalue weighted by atomic mass is 9.72. The first kappa shape index (κ1) is 25.8. The number of carbonyl (C=O) groups excluding carboxylic acids is 1. The first-order valence-corrected chi connectivity index (χ1v) is 12.8. The van der Waals surface area contributed by atoms with Crippen molar-refractivity contribution in [2.24, 2.45) is 5.92 Å². The fourth-order valence-corrected chi connectivity index (χ4v) is 6.76. The number of alkyl halides is 3. The van der Waals surface area contributed by atoms with Gasteiger partial charge in [0.25, 0.3) is 0 Å². The minimum Gasteiger partial charge on any atom is -0.406 e. The molecule has 0 atom stereocenters. The zero-order valence-corrected chi connectivity index (χ0v) is 20.1. The molecule has 0 aliphatic heterocycles. The molecule has 0 radical (unpaired) electrons. The van der Waals surface area contributed by atoms with E-state index in [4.69, 9.17) is 0 Å². The van der Waals surface area contributed by atoms with Crippen LogP contribution in [-0.4, -0.2) is 44.1 Å². The lowest BCUT2D eigenvalue weighted by Gasteiger charge is -2.45. The van der Waals surface area contributed by atoms with E-state index in [0.29, 0.717) is 19.3 Å². The molecule has 186 valence electrons. The second-order valence-corrected chi connectivity index (χ2v) is 12.4. The number of sulfone groups is 1. The summed E-state index contributed by atoms with van der Waals surface area (Å²) in [5, 5.41) is 6.36. The molecule has 1 amide bonds. The van der Waals surface area contributed by atoms with Crippen molar-refractivity contribution in [1.82, 2.24) is 10.6 Å². The molecule has 6 nitrogen and oxygen atoms in total. The van der Waals surface area contributed by atoms with E-state index in [1.165, 1.54) is 18.6 Å². The van der Waals surface area contributed by atoms with Crippen molar-refractivity contribution in [3.8, 4) is 5.75 Å². The molecule has 33 heavy (non-hydrogen) atoms. The summed E-state index contributed by atoms with van der Waals surface area (Å²) < 4.78 is 66.7. The van der Waals surface area contributed by atoms with Crippen LogP contribution in [0.15, 0.2) is 29.2 Å². The molecule has 10 heteroatoms. The van der Waals surface area contributed by atoms with Crippen LogP contribution in [-0.2, 0) is 14.6 Å². The lowest BCUT2D eigenvalue weighted by molar-refractivity contribution is -0.274. The SMILES string of the molecule is CNC1(CC(=O)NC2CC(C(C)(C)S(=O)(=O)c3cccc(OC(F)(F)F)c3)C2)CCCCC1. The van der Waals surface area contributed by atoms with Crippen LogP contribution in [0.3, 0.4) is 0 Å². The van der Waals surface area contributed by atoms with E-state index in [9.17, 15) is 26.4 Å². The van der Waals surface area contributed by atoms with E-state index in [0.717, 1.165) is 37.8 Å². The van der Waals surface area contributed by atoms with Crippen LogP contribution < -0.4 is 15.4 Å². The van der Waals surface area contributed by atoms with Crippen molar-refractivity contribution in [3.05, 3.63) is 24.3 Å². The Morgan fingerprint density at radius 2 is 1.79 bits per heavy atom. The largest absolute Gasteiger partial charge is 0.573 e. The normalized spacial score (nSPS) is 23.5. The number of amides is 1. The van der Waals surface area contributed by atoms with Gasteiger partial charge in [-0.3, -0.25) is 4.79 Å². The van der Waals surface area contributed by atoms with Gasteiger partial charge in [-0.05, 0) is 70.7 Å². The molecule has 2 aliphatic carbocycles. The number of benzene rings is 1. The third-order valence-corrected chi connectivity index (χ3v) is 9.96. The third kappa shape index (κ3) is 5.82. The van der Waals surface area contributed by atoms with E-state index >= 15 is 0 Å². The van der Waals surface area contributed by atoms with Gasteiger partial charge >= 0.3 is 6.36 Å². The van der Waals surface area contributed by atoms with Crippen molar-refractivity contribution < 1.29 is 31.1 Å². The highest BCUT2D eigenvalue weighted by atomic mass is 32.2. The van der Waals surface area contributed by atoms with Crippen LogP contribution in [0.25, 0.3) is 0 Å². The predicted octanol–water partition coefficient (Wildman–Crippen LogP) is 4.34. The molecule has 1 aromatic carbocycles. The average Bonchev–Trinajstić information content (AvgIpc) is 2.69. The first-order valence-electron chi connectivity index (χ1n) is 11.4. The maximum Gasteiger partial charge on any atom is 0.573 e. The molecule has 0 heterocycles. The number of rotatable bonds is 8. The number of hydrogen-bond donors (Lipinski definition) is 2. The van der Waals surface area contributed by atoms with Crippen molar-refractivity contribution in [2.75, 3.05) is 7.05 Å². The van der Waals surface area contributed by atoms with Crippen molar-refractivity contribution >= 4 is 15.7 Å². The van der Waals surface area contributed by atoms with Gasteiger partial charge in [0.2, 0.25) is 5.91 Å². The minimum absolute atomic E-state index is 0.0348. The Bertz CT molecular complexity index is 951. The number of hydrogen-bond acceptors (Lipinski definition) is 5. The molecule has 0 unspecified atom stereocenters. The summed E-state index contributed by atoms with van der Waals surface area (Å²) in [4.78, 5) is 12.4. The summed E-state index contributed by atoms with van der Waals surface area (Å²) in [6.45, 7) is 3.17. The number of ether oxygens (including phenoxy) is 1. The Morgan fingerprint density at radius 1 is 1.15 bits per heavy atom. The summed E-state index contributed by atoms with van der Waals surface area (Å²) >= 11 is 0. The van der Waals surface area contributed by atoms with Crippen LogP contribution in [0.4, 0.5) is 13.2 Å². The average molecular weight is 491 g/mol. The third-order valence-electron chi connectivity index (χ3n) is 7.37. The molecule has 0 saturated heterocycles. The van der Waals surface area contributed by atoms with Gasteiger partial charge in [-0.25, -0.2) is 8.42 Å². The second-order valence-electron chi connectivity index (χ2n) is 9.83. The van der Waals surface area contributed by atoms with E-state index in [1.807, 2.05) is 7.05 Å². The number of halogens is 3. The molecule has 3 rings (SSSR count). The van der Waals surface area contributed by atoms with Gasteiger partial charge in [0.15, 0.2) is 9.84 Å². The maximum atomic E-state index is 13.2. The summed E-state index contributed by atoms with van der Waals surface area (Å²) in [5.74, 6) is -0.834. The molecule has 0 bridgehead atoms. The second kappa shape index (κ2) is 9.44. The van der Waals surface area contributed by atoms with E-state index < -0.39 is 26.7 Å². The van der Waals surface area contributed by atoms with Crippen LogP contribution in [0.5, 0.6) is 5.75 Å².